The van der Waals surface area contributed by atoms with Gasteiger partial charge < -0.3 is 10.6 Å². The highest BCUT2D eigenvalue weighted by atomic mass is 32.2. The van der Waals surface area contributed by atoms with E-state index in [1.165, 1.54) is 0 Å². The van der Waals surface area contributed by atoms with Crippen molar-refractivity contribution >= 4 is 34.9 Å². The third kappa shape index (κ3) is 5.69. The molecule has 0 spiro atoms. The Balaban J connectivity index is 1.98. The van der Waals surface area contributed by atoms with Gasteiger partial charge in [-0.25, -0.2) is 0 Å². The Morgan fingerprint density at radius 1 is 1.25 bits per heavy atom. The maximum absolute atomic E-state index is 12.4. The number of thioether (sulfide) groups is 1. The van der Waals surface area contributed by atoms with E-state index in [4.69, 9.17) is 0 Å². The number of benzene rings is 1. The van der Waals surface area contributed by atoms with Crippen molar-refractivity contribution in [2.24, 2.45) is 0 Å². The molecule has 2 N–H and O–H groups in total. The SMILES string of the molecule is CSCC[C@@H](NC(=O)c1cccc(C)c1)C(=O)NCc1cccs1. The third-order valence-electron chi connectivity index (χ3n) is 3.53. The second-order valence-corrected chi connectivity index (χ2v) is 7.49. The van der Waals surface area contributed by atoms with Crippen LogP contribution in [0.1, 0.15) is 27.2 Å². The molecule has 0 radical (unpaired) electrons. The monoisotopic (exact) mass is 362 g/mol. The largest absolute Gasteiger partial charge is 0.349 e. The summed E-state index contributed by atoms with van der Waals surface area (Å²) in [5, 5.41) is 7.75. The average Bonchev–Trinajstić information content (AvgIpc) is 3.09. The molecule has 0 unspecified atom stereocenters. The standard InChI is InChI=1S/C18H22N2O2S2/c1-13-5-3-6-14(11-13)17(21)20-16(8-10-23-2)18(22)19-12-15-7-4-9-24-15/h3-7,9,11,16H,8,10,12H2,1-2H3,(H,19,22)(H,20,21)/t16-/m1/s1. The molecule has 1 atom stereocenters. The van der Waals surface area contributed by atoms with Crippen LogP contribution in [0.3, 0.4) is 0 Å². The van der Waals surface area contributed by atoms with Gasteiger partial charge in [-0.2, -0.15) is 11.8 Å². The molecular weight excluding hydrogens is 340 g/mol. The van der Waals surface area contributed by atoms with E-state index in [0.29, 0.717) is 18.5 Å². The minimum atomic E-state index is -0.523. The highest BCUT2D eigenvalue weighted by Crippen LogP contribution is 2.09. The number of nitrogens with one attached hydrogen (secondary N) is 2. The van der Waals surface area contributed by atoms with Crippen LogP contribution in [0.4, 0.5) is 0 Å². The fourth-order valence-corrected chi connectivity index (χ4v) is 3.36. The minimum Gasteiger partial charge on any atom is -0.349 e. The van der Waals surface area contributed by atoms with Gasteiger partial charge in [0.05, 0.1) is 6.54 Å². The van der Waals surface area contributed by atoms with Gasteiger partial charge in [0.25, 0.3) is 5.91 Å². The highest BCUT2D eigenvalue weighted by Gasteiger charge is 2.21. The molecule has 2 aromatic rings. The summed E-state index contributed by atoms with van der Waals surface area (Å²) in [4.78, 5) is 26.0. The maximum Gasteiger partial charge on any atom is 0.251 e. The summed E-state index contributed by atoms with van der Waals surface area (Å²) in [6.45, 7) is 2.43. The Kier molecular flexibility index (Phi) is 7.34. The van der Waals surface area contributed by atoms with Crippen molar-refractivity contribution in [2.45, 2.75) is 25.9 Å². The fraction of sp³-hybridized carbons (Fsp3) is 0.333. The zero-order valence-corrected chi connectivity index (χ0v) is 15.5. The van der Waals surface area contributed by atoms with Crippen molar-refractivity contribution in [1.29, 1.82) is 0 Å². The molecule has 0 aliphatic rings. The molecule has 6 heteroatoms. The summed E-state index contributed by atoms with van der Waals surface area (Å²) in [6, 6.07) is 10.8. The van der Waals surface area contributed by atoms with E-state index in [-0.39, 0.29) is 11.8 Å². The molecule has 1 aromatic carbocycles. The minimum absolute atomic E-state index is 0.140. The summed E-state index contributed by atoms with van der Waals surface area (Å²) in [6.07, 6.45) is 2.60. The van der Waals surface area contributed by atoms with Crippen LogP contribution in [0.2, 0.25) is 0 Å². The number of carbonyl (C=O) groups is 2. The van der Waals surface area contributed by atoms with Gasteiger partial charge in [-0.3, -0.25) is 9.59 Å². The van der Waals surface area contributed by atoms with E-state index in [0.717, 1.165) is 16.2 Å². The first-order valence-corrected chi connectivity index (χ1v) is 10.0. The smallest absolute Gasteiger partial charge is 0.251 e. The van der Waals surface area contributed by atoms with Crippen molar-refractivity contribution in [3.63, 3.8) is 0 Å². The molecule has 0 fully saturated rings. The molecule has 0 bridgehead atoms. The molecule has 0 aliphatic carbocycles. The third-order valence-corrected chi connectivity index (χ3v) is 5.05. The van der Waals surface area contributed by atoms with E-state index in [1.54, 1.807) is 29.2 Å². The summed E-state index contributed by atoms with van der Waals surface area (Å²) < 4.78 is 0. The van der Waals surface area contributed by atoms with Crippen LogP contribution >= 0.6 is 23.1 Å². The zero-order chi connectivity index (χ0) is 17.4. The van der Waals surface area contributed by atoms with Gasteiger partial charge in [-0.15, -0.1) is 11.3 Å². The molecule has 0 saturated heterocycles. The van der Waals surface area contributed by atoms with Gasteiger partial charge in [-0.1, -0.05) is 23.8 Å². The molecule has 1 aromatic heterocycles. The molecule has 1 heterocycles. The number of thiophene rings is 1. The first kappa shape index (κ1) is 18.5. The van der Waals surface area contributed by atoms with Gasteiger partial charge in [0.2, 0.25) is 5.91 Å². The summed E-state index contributed by atoms with van der Waals surface area (Å²) in [5.41, 5.74) is 1.60. The Bertz CT molecular complexity index is 671. The lowest BCUT2D eigenvalue weighted by Gasteiger charge is -2.18. The summed E-state index contributed by atoms with van der Waals surface area (Å²) in [5.74, 6) is 0.458. The van der Waals surface area contributed by atoms with Crippen molar-refractivity contribution in [1.82, 2.24) is 10.6 Å². The van der Waals surface area contributed by atoms with Gasteiger partial charge in [0.1, 0.15) is 6.04 Å². The highest BCUT2D eigenvalue weighted by molar-refractivity contribution is 7.98. The topological polar surface area (TPSA) is 58.2 Å². The van der Waals surface area contributed by atoms with E-state index in [9.17, 15) is 9.59 Å². The maximum atomic E-state index is 12.4. The Hall–Kier alpha value is -1.79. The normalized spacial score (nSPS) is 11.8. The summed E-state index contributed by atoms with van der Waals surface area (Å²) in [7, 11) is 0. The number of carbonyl (C=O) groups excluding carboxylic acids is 2. The quantitative estimate of drug-likeness (QED) is 0.758. The van der Waals surface area contributed by atoms with Crippen molar-refractivity contribution in [2.75, 3.05) is 12.0 Å². The Morgan fingerprint density at radius 3 is 2.75 bits per heavy atom. The van der Waals surface area contributed by atoms with E-state index < -0.39 is 6.04 Å². The van der Waals surface area contributed by atoms with Crippen molar-refractivity contribution in [3.05, 3.63) is 57.8 Å². The predicted octanol–water partition coefficient (Wildman–Crippen LogP) is 3.22. The van der Waals surface area contributed by atoms with E-state index in [2.05, 4.69) is 10.6 Å². The molecule has 24 heavy (non-hydrogen) atoms. The van der Waals surface area contributed by atoms with Crippen molar-refractivity contribution < 1.29 is 9.59 Å². The lowest BCUT2D eigenvalue weighted by molar-refractivity contribution is -0.123. The molecule has 2 rings (SSSR count). The number of aryl methyl sites for hydroxylation is 1. The van der Waals surface area contributed by atoms with Crippen LogP contribution in [-0.4, -0.2) is 29.9 Å². The number of hydrogen-bond donors (Lipinski definition) is 2. The molecule has 0 aliphatic heterocycles. The van der Waals surface area contributed by atoms with Crippen LogP contribution in [0.5, 0.6) is 0 Å². The molecule has 128 valence electrons. The van der Waals surface area contributed by atoms with E-state index in [1.807, 2.05) is 48.9 Å². The first-order chi connectivity index (χ1) is 11.6. The van der Waals surface area contributed by atoms with Gasteiger partial charge in [-0.05, 0) is 48.9 Å². The van der Waals surface area contributed by atoms with Gasteiger partial charge >= 0.3 is 0 Å². The fourth-order valence-electron chi connectivity index (χ4n) is 2.24. The Labute approximate surface area is 151 Å². The van der Waals surface area contributed by atoms with Gasteiger partial charge in [0.15, 0.2) is 0 Å². The summed E-state index contributed by atoms with van der Waals surface area (Å²) >= 11 is 3.26. The lowest BCUT2D eigenvalue weighted by atomic mass is 10.1. The number of amides is 2. The van der Waals surface area contributed by atoms with Gasteiger partial charge in [0, 0.05) is 10.4 Å². The Morgan fingerprint density at radius 2 is 2.08 bits per heavy atom. The van der Waals surface area contributed by atoms with Crippen molar-refractivity contribution in [3.8, 4) is 0 Å². The van der Waals surface area contributed by atoms with Crippen LogP contribution < -0.4 is 10.6 Å². The van der Waals surface area contributed by atoms with E-state index >= 15 is 0 Å². The number of rotatable bonds is 8. The van der Waals surface area contributed by atoms with Crippen LogP contribution in [0, 0.1) is 6.92 Å². The van der Waals surface area contributed by atoms with Crippen LogP contribution in [0.25, 0.3) is 0 Å². The molecule has 0 saturated carbocycles. The molecular formula is C18H22N2O2S2. The first-order valence-electron chi connectivity index (χ1n) is 7.76. The second-order valence-electron chi connectivity index (χ2n) is 5.47. The van der Waals surface area contributed by atoms with Crippen LogP contribution in [0.15, 0.2) is 41.8 Å². The second kappa shape index (κ2) is 9.49. The molecule has 4 nitrogen and oxygen atoms in total. The van der Waals surface area contributed by atoms with Crippen LogP contribution in [-0.2, 0) is 11.3 Å². The number of hydrogen-bond acceptors (Lipinski definition) is 4. The molecule has 2 amide bonds. The zero-order valence-electron chi connectivity index (χ0n) is 13.9. The lowest BCUT2D eigenvalue weighted by Crippen LogP contribution is -2.46. The predicted molar refractivity (Wildman–Crippen MR) is 102 cm³/mol. The average molecular weight is 363 g/mol.